The minimum absolute atomic E-state index is 0.0417. The van der Waals surface area contributed by atoms with Gasteiger partial charge in [0, 0.05) is 7.11 Å². The molecule has 0 aliphatic rings. The van der Waals surface area contributed by atoms with Gasteiger partial charge in [-0.25, -0.2) is 0 Å². The highest BCUT2D eigenvalue weighted by molar-refractivity contribution is 5.71. The van der Waals surface area contributed by atoms with E-state index in [0.717, 1.165) is 5.92 Å². The summed E-state index contributed by atoms with van der Waals surface area (Å²) < 4.78 is 4.94. The van der Waals surface area contributed by atoms with Crippen LogP contribution in [-0.2, 0) is 14.3 Å². The third-order valence-electron chi connectivity index (χ3n) is 0.949. The summed E-state index contributed by atoms with van der Waals surface area (Å²) in [6.07, 6.45) is 0.341. The minimum atomic E-state index is -1.04. The van der Waals surface area contributed by atoms with E-state index in [1.807, 2.05) is 26.1 Å². The molecule has 0 aromatic carbocycles. The van der Waals surface area contributed by atoms with Crippen molar-refractivity contribution in [2.75, 3.05) is 13.7 Å². The van der Waals surface area contributed by atoms with Crippen molar-refractivity contribution in [3.63, 3.8) is 0 Å². The van der Waals surface area contributed by atoms with Crippen LogP contribution < -0.4 is 5.32 Å². The van der Waals surface area contributed by atoms with Gasteiger partial charge in [-0.2, -0.15) is 0 Å². The Labute approximate surface area is 105 Å². The maximum absolute atomic E-state index is 9.54. The molecule has 0 saturated heterocycles. The highest BCUT2D eigenvalue weighted by Crippen LogP contribution is 2.02. The smallest absolute Gasteiger partial charge is 0.322 e. The first-order chi connectivity index (χ1) is 7.56. The maximum Gasteiger partial charge on any atom is 0.322 e. The normalized spacial score (nSPS) is 9.41. The van der Waals surface area contributed by atoms with Gasteiger partial charge >= 0.3 is 5.97 Å². The van der Waals surface area contributed by atoms with Crippen LogP contribution in [0.3, 0.4) is 0 Å². The second kappa shape index (κ2) is 13.0. The average molecular weight is 249 g/mol. The van der Waals surface area contributed by atoms with E-state index in [1.165, 1.54) is 0 Å². The number of nitrogens with one attached hydrogen (secondary N) is 1. The molecular formula is C12H27NO4. The fraction of sp³-hybridized carbons (Fsp3) is 0.833. The molecule has 0 radical (unpaired) electrons. The Kier molecular flexibility index (Phi) is 16.2. The molecule has 0 aliphatic carbocycles. The Morgan fingerprint density at radius 2 is 1.65 bits per heavy atom. The van der Waals surface area contributed by atoms with E-state index in [-0.39, 0.29) is 12.1 Å². The van der Waals surface area contributed by atoms with Crippen LogP contribution in [0.2, 0.25) is 0 Å². The molecule has 0 unspecified atom stereocenters. The standard InChI is InChI=1S/C5H12O.C4H10.C3H5NO3/c1-5(2,3)6-4;1-4(2)3;5-2-4-1-3(6)7/h1-4H3;4H,1-3H3;2H,1H2,(H,4,5)(H,6,7). The first-order valence-corrected chi connectivity index (χ1v) is 5.50. The number of carboxylic acids is 1. The van der Waals surface area contributed by atoms with Gasteiger partial charge in [-0.05, 0) is 26.7 Å². The van der Waals surface area contributed by atoms with Gasteiger partial charge in [0.15, 0.2) is 0 Å². The number of methoxy groups -OCH3 is 1. The molecule has 0 heterocycles. The number of hydrogen-bond acceptors (Lipinski definition) is 3. The minimum Gasteiger partial charge on any atom is -0.480 e. The first kappa shape index (κ1) is 21.2. The van der Waals surface area contributed by atoms with Crippen molar-refractivity contribution in [1.82, 2.24) is 5.32 Å². The largest absolute Gasteiger partial charge is 0.480 e. The molecule has 0 saturated carbocycles. The zero-order valence-corrected chi connectivity index (χ0v) is 12.0. The Balaban J connectivity index is -0.000000180. The molecule has 0 spiro atoms. The van der Waals surface area contributed by atoms with E-state index in [2.05, 4.69) is 20.8 Å². The van der Waals surface area contributed by atoms with E-state index in [1.54, 1.807) is 7.11 Å². The van der Waals surface area contributed by atoms with Crippen molar-refractivity contribution in [3.05, 3.63) is 0 Å². The molecule has 17 heavy (non-hydrogen) atoms. The van der Waals surface area contributed by atoms with Crippen LogP contribution in [0.25, 0.3) is 0 Å². The molecule has 0 aliphatic heterocycles. The Bertz CT molecular complexity index is 183. The van der Waals surface area contributed by atoms with Gasteiger partial charge in [0.05, 0.1) is 5.60 Å². The molecule has 104 valence electrons. The topological polar surface area (TPSA) is 75.6 Å². The number of carbonyl (C=O) groups is 2. The number of ether oxygens (including phenoxy) is 1. The van der Waals surface area contributed by atoms with Crippen LogP contribution in [0.5, 0.6) is 0 Å². The average Bonchev–Trinajstić information content (AvgIpc) is 2.13. The summed E-state index contributed by atoms with van der Waals surface area (Å²) >= 11 is 0. The molecule has 0 rings (SSSR count). The first-order valence-electron chi connectivity index (χ1n) is 5.50. The number of carbonyl (C=O) groups excluding carboxylic acids is 1. The third kappa shape index (κ3) is 71.2. The lowest BCUT2D eigenvalue weighted by molar-refractivity contribution is -0.136. The Morgan fingerprint density at radius 1 is 1.35 bits per heavy atom. The van der Waals surface area contributed by atoms with Crippen molar-refractivity contribution in [2.45, 2.75) is 47.1 Å². The third-order valence-corrected chi connectivity index (χ3v) is 0.949. The van der Waals surface area contributed by atoms with E-state index < -0.39 is 5.97 Å². The zero-order chi connectivity index (χ0) is 14.5. The van der Waals surface area contributed by atoms with Crippen LogP contribution >= 0.6 is 0 Å². The lowest BCUT2D eigenvalue weighted by atomic mass is 10.2. The lowest BCUT2D eigenvalue weighted by Crippen LogP contribution is -2.20. The molecule has 2 N–H and O–H groups in total. The molecule has 0 bridgehead atoms. The van der Waals surface area contributed by atoms with Gasteiger partial charge < -0.3 is 15.2 Å². The predicted octanol–water partition coefficient (Wildman–Crippen LogP) is 1.91. The fourth-order valence-corrected chi connectivity index (χ4v) is 0.129. The predicted molar refractivity (Wildman–Crippen MR) is 69.0 cm³/mol. The fourth-order valence-electron chi connectivity index (χ4n) is 0.129. The number of hydrogen-bond donors (Lipinski definition) is 2. The summed E-state index contributed by atoms with van der Waals surface area (Å²) in [5.41, 5.74) is 0.0417. The maximum atomic E-state index is 9.54. The van der Waals surface area contributed by atoms with Gasteiger partial charge in [0.25, 0.3) is 0 Å². The monoisotopic (exact) mass is 249 g/mol. The summed E-state index contributed by atoms with van der Waals surface area (Å²) in [6.45, 7) is 12.3. The van der Waals surface area contributed by atoms with Gasteiger partial charge in [0.2, 0.25) is 6.41 Å². The Morgan fingerprint density at radius 3 is 1.71 bits per heavy atom. The summed E-state index contributed by atoms with van der Waals surface area (Å²) in [5.74, 6) is -0.202. The van der Waals surface area contributed by atoms with E-state index >= 15 is 0 Å². The van der Waals surface area contributed by atoms with Crippen molar-refractivity contribution in [2.24, 2.45) is 5.92 Å². The van der Waals surface area contributed by atoms with E-state index in [0.29, 0.717) is 6.41 Å². The molecule has 0 fully saturated rings. The van der Waals surface area contributed by atoms with Gasteiger partial charge in [0.1, 0.15) is 6.54 Å². The lowest BCUT2D eigenvalue weighted by Gasteiger charge is -2.14. The van der Waals surface area contributed by atoms with Gasteiger partial charge in [-0.1, -0.05) is 20.8 Å². The number of carboxylic acid groups (broad SMARTS) is 1. The van der Waals surface area contributed by atoms with Crippen molar-refractivity contribution in [3.8, 4) is 0 Å². The quantitative estimate of drug-likeness (QED) is 0.749. The zero-order valence-electron chi connectivity index (χ0n) is 12.0. The van der Waals surface area contributed by atoms with Crippen LogP contribution in [0.4, 0.5) is 0 Å². The number of amides is 1. The van der Waals surface area contributed by atoms with Crippen molar-refractivity contribution < 1.29 is 19.4 Å². The Hall–Kier alpha value is -1.10. The van der Waals surface area contributed by atoms with E-state index in [9.17, 15) is 9.59 Å². The second-order valence-electron chi connectivity index (χ2n) is 4.94. The van der Waals surface area contributed by atoms with Crippen LogP contribution in [-0.4, -0.2) is 36.7 Å². The highest BCUT2D eigenvalue weighted by atomic mass is 16.5. The van der Waals surface area contributed by atoms with Crippen molar-refractivity contribution in [1.29, 1.82) is 0 Å². The van der Waals surface area contributed by atoms with Crippen LogP contribution in [0.15, 0.2) is 0 Å². The van der Waals surface area contributed by atoms with Crippen molar-refractivity contribution >= 4 is 12.4 Å². The summed E-state index contributed by atoms with van der Waals surface area (Å²) in [5, 5.41) is 9.79. The molecular weight excluding hydrogens is 222 g/mol. The number of rotatable bonds is 3. The molecule has 5 heteroatoms. The number of aliphatic carboxylic acids is 1. The van der Waals surface area contributed by atoms with E-state index in [4.69, 9.17) is 9.84 Å². The molecule has 0 aromatic heterocycles. The SMILES string of the molecule is CC(C)C.COC(C)(C)C.O=CNCC(=O)O. The summed E-state index contributed by atoms with van der Waals surface area (Å²) in [4.78, 5) is 18.9. The molecule has 1 amide bonds. The summed E-state index contributed by atoms with van der Waals surface area (Å²) in [7, 11) is 1.71. The molecule has 5 nitrogen and oxygen atoms in total. The van der Waals surface area contributed by atoms with Crippen LogP contribution in [0.1, 0.15) is 41.5 Å². The highest BCUT2D eigenvalue weighted by Gasteiger charge is 2.03. The van der Waals surface area contributed by atoms with Crippen LogP contribution in [0, 0.1) is 5.92 Å². The molecule has 0 atom stereocenters. The summed E-state index contributed by atoms with van der Waals surface area (Å²) in [6, 6.07) is 0. The van der Waals surface area contributed by atoms with Gasteiger partial charge in [-0.3, -0.25) is 9.59 Å². The molecule has 0 aromatic rings. The second-order valence-corrected chi connectivity index (χ2v) is 4.94. The van der Waals surface area contributed by atoms with Gasteiger partial charge in [-0.15, -0.1) is 0 Å².